The van der Waals surface area contributed by atoms with E-state index in [-0.39, 0.29) is 13.2 Å². The van der Waals surface area contributed by atoms with Gasteiger partial charge in [0, 0.05) is 0 Å². The quantitative estimate of drug-likeness (QED) is 0.667. The van der Waals surface area contributed by atoms with Crippen LogP contribution >= 0.6 is 0 Å². The van der Waals surface area contributed by atoms with E-state index >= 15 is 0 Å². The van der Waals surface area contributed by atoms with Crippen LogP contribution in [0.1, 0.15) is 6.92 Å². The fourth-order valence-corrected chi connectivity index (χ4v) is 0.445. The number of rotatable bonds is 2. The van der Waals surface area contributed by atoms with Crippen molar-refractivity contribution in [3.63, 3.8) is 0 Å². The molecule has 0 unspecified atom stereocenters. The van der Waals surface area contributed by atoms with Crippen molar-refractivity contribution in [3.8, 4) is 0 Å². The summed E-state index contributed by atoms with van der Waals surface area (Å²) in [6.07, 6.45) is 0. The summed E-state index contributed by atoms with van der Waals surface area (Å²) in [6.45, 7) is 2.14. The molecule has 5 nitrogen and oxygen atoms in total. The summed E-state index contributed by atoms with van der Waals surface area (Å²) < 4.78 is 25.8. The Balaban J connectivity index is -0.000000142. The van der Waals surface area contributed by atoms with E-state index < -0.39 is 16.6 Å². The molecule has 0 aromatic rings. The van der Waals surface area contributed by atoms with Gasteiger partial charge < -0.3 is 12.3 Å². The van der Waals surface area contributed by atoms with Crippen molar-refractivity contribution in [2.24, 2.45) is 0 Å². The number of carbonyl (C=O) groups excluding carboxylic acids is 1. The van der Waals surface area contributed by atoms with Crippen LogP contribution in [0.25, 0.3) is 0 Å². The van der Waals surface area contributed by atoms with Gasteiger partial charge in [0.15, 0.2) is 0 Å². The topological polar surface area (TPSA) is 71.5 Å². The van der Waals surface area contributed by atoms with Crippen LogP contribution in [0.15, 0.2) is 0 Å². The maximum absolute atomic E-state index is 10.2. The van der Waals surface area contributed by atoms with Crippen LogP contribution in [0.2, 0.25) is 0 Å². The summed E-state index contributed by atoms with van der Waals surface area (Å²) in [7, 11) is 3.75. The van der Waals surface area contributed by atoms with E-state index in [1.807, 2.05) is 19.0 Å². The Labute approximate surface area is 77.9 Å². The van der Waals surface area contributed by atoms with Crippen molar-refractivity contribution in [2.75, 3.05) is 20.6 Å². The molecule has 0 aliphatic carbocycles. The van der Waals surface area contributed by atoms with Crippen LogP contribution in [0.5, 0.6) is 0 Å². The van der Waals surface area contributed by atoms with Crippen molar-refractivity contribution in [1.82, 2.24) is 4.90 Å². The zero-order chi connectivity index (χ0) is 9.44. The number of carbonyl (C=O) groups is 1. The van der Waals surface area contributed by atoms with Crippen LogP contribution in [0.4, 0.5) is 0 Å². The number of ketones is 1. The maximum atomic E-state index is 10.2. The first-order chi connectivity index (χ1) is 4.86. The Kier molecular flexibility index (Phi) is 15.8. The molecular weight excluding hydrogens is 336 g/mol. The molecule has 6 heteroatoms. The minimum atomic E-state index is -4.21. The molecule has 0 aromatic heterocycles. The standard InChI is InChI=1S/C5H11NO.CH3.3O.Re/c1-5(7)4-6(2)3;;;;;/h4H2,1-3H3;1H3;;;;/q;-1;;;;. The molecule has 0 amide bonds. The molecule has 0 saturated carbocycles. The van der Waals surface area contributed by atoms with Crippen molar-refractivity contribution in [2.45, 2.75) is 6.92 Å². The summed E-state index contributed by atoms with van der Waals surface area (Å²) in [5.74, 6) is 0.213. The van der Waals surface area contributed by atoms with Gasteiger partial charge in [0.25, 0.3) is 0 Å². The second-order valence-corrected chi connectivity index (χ2v) is 3.49. The third-order valence-electron chi connectivity index (χ3n) is 0.539. The van der Waals surface area contributed by atoms with E-state index in [4.69, 9.17) is 10.4 Å². The molecule has 0 aliphatic rings. The van der Waals surface area contributed by atoms with Crippen molar-refractivity contribution in [1.29, 1.82) is 0 Å². The van der Waals surface area contributed by atoms with Crippen LogP contribution in [0, 0.1) is 7.43 Å². The van der Waals surface area contributed by atoms with Crippen molar-refractivity contribution < 1.29 is 31.8 Å². The summed E-state index contributed by atoms with van der Waals surface area (Å²) in [6, 6.07) is 0. The van der Waals surface area contributed by atoms with E-state index in [2.05, 4.69) is 0 Å². The van der Waals surface area contributed by atoms with Crippen molar-refractivity contribution in [3.05, 3.63) is 7.43 Å². The molecule has 0 aromatic carbocycles. The number of hydrogen-bond donors (Lipinski definition) is 0. The molecule has 0 spiro atoms. The molecular formula is C6H14NO4Re-. The Hall–Kier alpha value is -0.308. The summed E-state index contributed by atoms with van der Waals surface area (Å²) in [5, 5.41) is 0. The molecule has 0 heterocycles. The van der Waals surface area contributed by atoms with E-state index in [9.17, 15) is 4.79 Å². The van der Waals surface area contributed by atoms with Gasteiger partial charge in [-0.25, -0.2) is 0 Å². The van der Waals surface area contributed by atoms with Gasteiger partial charge >= 0.3 is 27.0 Å². The fraction of sp³-hybridized carbons (Fsp3) is 0.667. The summed E-state index contributed by atoms with van der Waals surface area (Å²) in [4.78, 5) is 12.1. The average Bonchev–Trinajstić information content (AvgIpc) is 1.56. The average molecular weight is 350 g/mol. The molecule has 0 atom stereocenters. The van der Waals surface area contributed by atoms with Gasteiger partial charge in [-0.2, -0.15) is 0 Å². The third-order valence-corrected chi connectivity index (χ3v) is 0.539. The van der Waals surface area contributed by atoms with Gasteiger partial charge in [0.05, 0.1) is 6.54 Å². The molecule has 75 valence electrons. The van der Waals surface area contributed by atoms with Gasteiger partial charge in [-0.3, -0.25) is 4.79 Å². The third kappa shape index (κ3) is 53.7. The summed E-state index contributed by atoms with van der Waals surface area (Å²) in [5.41, 5.74) is 0. The predicted octanol–water partition coefficient (Wildman–Crippen LogP) is 0.228. The molecule has 12 heavy (non-hydrogen) atoms. The number of hydrogen-bond acceptors (Lipinski definition) is 5. The second-order valence-electron chi connectivity index (χ2n) is 2.13. The Bertz CT molecular complexity index is 198. The normalized spacial score (nSPS) is 7.67. The predicted molar refractivity (Wildman–Crippen MR) is 37.7 cm³/mol. The number of nitrogens with zero attached hydrogens (tertiary/aromatic N) is 1. The van der Waals surface area contributed by atoms with Gasteiger partial charge in [0.1, 0.15) is 5.78 Å². The monoisotopic (exact) mass is 351 g/mol. The van der Waals surface area contributed by atoms with Crippen LogP contribution in [0.3, 0.4) is 0 Å². The minimum absolute atomic E-state index is 0. The summed E-state index contributed by atoms with van der Waals surface area (Å²) >= 11 is -4.21. The van der Waals surface area contributed by atoms with Crippen LogP contribution in [-0.2, 0) is 31.8 Å². The molecule has 0 fully saturated rings. The van der Waals surface area contributed by atoms with Gasteiger partial charge in [-0.1, -0.05) is 0 Å². The second kappa shape index (κ2) is 10.7. The molecule has 0 rings (SSSR count). The van der Waals surface area contributed by atoms with Crippen molar-refractivity contribution >= 4 is 5.78 Å². The van der Waals surface area contributed by atoms with E-state index in [1.165, 1.54) is 0 Å². The molecule has 0 saturated heterocycles. The zero-order valence-corrected chi connectivity index (χ0v) is 10.4. The first kappa shape index (κ1) is 17.7. The van der Waals surface area contributed by atoms with E-state index in [0.29, 0.717) is 6.54 Å². The first-order valence-corrected chi connectivity index (χ1v) is 6.06. The van der Waals surface area contributed by atoms with E-state index in [0.717, 1.165) is 0 Å². The van der Waals surface area contributed by atoms with Crippen LogP contribution < -0.4 is 0 Å². The van der Waals surface area contributed by atoms with Crippen LogP contribution in [-0.4, -0.2) is 31.3 Å². The Morgan fingerprint density at radius 1 is 1.25 bits per heavy atom. The molecule has 0 radical (unpaired) electrons. The fourth-order valence-electron chi connectivity index (χ4n) is 0.445. The Morgan fingerprint density at radius 3 is 1.50 bits per heavy atom. The van der Waals surface area contributed by atoms with Gasteiger partial charge in [-0.05, 0) is 21.0 Å². The van der Waals surface area contributed by atoms with Gasteiger partial charge in [-0.15, -0.1) is 0 Å². The molecule has 0 aliphatic heterocycles. The number of likely N-dealkylation sites (N-methyl/N-ethyl adjacent to an activating group) is 1. The molecule has 0 bridgehead atoms. The van der Waals surface area contributed by atoms with Gasteiger partial charge in [0.2, 0.25) is 0 Å². The first-order valence-electron chi connectivity index (χ1n) is 2.73. The SMILES string of the molecule is CC(=O)CN(C)C.[CH3-].[O]=[Re](=[O])=[O]. The Morgan fingerprint density at radius 2 is 1.50 bits per heavy atom. The molecule has 0 N–H and O–H groups in total. The zero-order valence-electron chi connectivity index (χ0n) is 7.67. The van der Waals surface area contributed by atoms with E-state index in [1.54, 1.807) is 6.92 Å². The number of Topliss-reactive ketones (excluding diaryl/α,β-unsaturated/α-hetero) is 1.